The van der Waals surface area contributed by atoms with Crippen LogP contribution in [0.5, 0.6) is 0 Å². The molecule has 1 spiro atoms. The van der Waals surface area contributed by atoms with Crippen LogP contribution in [0, 0.1) is 12.3 Å². The van der Waals surface area contributed by atoms with Crippen LogP contribution in [0.1, 0.15) is 36.7 Å². The SMILES string of the molecule is Cc1nc(N2CCC3(CC2)CO[C@@H](C)[C@H]3N)c(CO)nc1-c1cc2c(cc1Cl)CC(=O)N2. The van der Waals surface area contributed by atoms with Crippen LogP contribution in [0.2, 0.25) is 5.02 Å². The van der Waals surface area contributed by atoms with Crippen LogP contribution in [-0.2, 0) is 22.6 Å². The summed E-state index contributed by atoms with van der Waals surface area (Å²) in [6, 6.07) is 3.68. The van der Waals surface area contributed by atoms with Crippen molar-refractivity contribution < 1.29 is 14.6 Å². The van der Waals surface area contributed by atoms with E-state index >= 15 is 0 Å². The first-order valence-corrected chi connectivity index (χ1v) is 11.4. The van der Waals surface area contributed by atoms with Gasteiger partial charge in [-0.05, 0) is 44.4 Å². The largest absolute Gasteiger partial charge is 0.390 e. The average molecular weight is 458 g/mol. The van der Waals surface area contributed by atoms with Crippen molar-refractivity contribution in [2.45, 2.75) is 51.9 Å². The number of nitrogens with two attached hydrogens (primary N) is 1. The van der Waals surface area contributed by atoms with Gasteiger partial charge < -0.3 is 25.8 Å². The van der Waals surface area contributed by atoms with Crippen molar-refractivity contribution in [2.24, 2.45) is 11.1 Å². The van der Waals surface area contributed by atoms with Gasteiger partial charge in [-0.25, -0.2) is 9.97 Å². The lowest BCUT2D eigenvalue weighted by molar-refractivity contribution is -0.115. The topological polar surface area (TPSA) is 114 Å². The number of ether oxygens (including phenoxy) is 1. The third-order valence-electron chi connectivity index (χ3n) is 7.25. The van der Waals surface area contributed by atoms with E-state index in [1.165, 1.54) is 0 Å². The summed E-state index contributed by atoms with van der Waals surface area (Å²) in [5.74, 6) is 0.654. The van der Waals surface area contributed by atoms with Gasteiger partial charge in [0.05, 0.1) is 42.1 Å². The van der Waals surface area contributed by atoms with E-state index in [0.29, 0.717) is 40.8 Å². The predicted octanol–water partition coefficient (Wildman–Crippen LogP) is 2.42. The quantitative estimate of drug-likeness (QED) is 0.648. The van der Waals surface area contributed by atoms with E-state index in [2.05, 4.69) is 10.2 Å². The number of aliphatic hydroxyl groups excluding tert-OH is 1. The molecule has 1 aromatic heterocycles. The first-order valence-electron chi connectivity index (χ1n) is 11.0. The van der Waals surface area contributed by atoms with Gasteiger partial charge in [-0.15, -0.1) is 0 Å². The molecule has 0 unspecified atom stereocenters. The Balaban J connectivity index is 1.44. The van der Waals surface area contributed by atoms with E-state index in [0.717, 1.165) is 42.9 Å². The minimum absolute atomic E-state index is 0.0140. The van der Waals surface area contributed by atoms with E-state index in [4.69, 9.17) is 32.0 Å². The van der Waals surface area contributed by atoms with E-state index in [-0.39, 0.29) is 30.1 Å². The molecule has 0 radical (unpaired) electrons. The number of halogens is 1. The van der Waals surface area contributed by atoms with Crippen LogP contribution in [0.3, 0.4) is 0 Å². The van der Waals surface area contributed by atoms with Gasteiger partial charge >= 0.3 is 0 Å². The summed E-state index contributed by atoms with van der Waals surface area (Å²) in [6.45, 7) is 5.98. The van der Waals surface area contributed by atoms with Crippen LogP contribution in [-0.4, -0.2) is 52.8 Å². The molecule has 2 fully saturated rings. The highest BCUT2D eigenvalue weighted by molar-refractivity contribution is 6.33. The summed E-state index contributed by atoms with van der Waals surface area (Å²) in [6.07, 6.45) is 2.24. The van der Waals surface area contributed by atoms with Crippen molar-refractivity contribution in [2.75, 3.05) is 29.9 Å². The fourth-order valence-corrected chi connectivity index (χ4v) is 5.49. The van der Waals surface area contributed by atoms with Crippen LogP contribution in [0.25, 0.3) is 11.3 Å². The number of aryl methyl sites for hydroxylation is 1. The van der Waals surface area contributed by atoms with Crippen molar-refractivity contribution in [1.82, 2.24) is 9.97 Å². The minimum atomic E-state index is -0.226. The standard InChI is InChI=1S/C23H28ClN5O3/c1-12-20(15-9-17-14(7-16(15)24)8-19(31)27-17)28-18(10-30)22(26-12)29-5-3-23(4-6-29)11-32-13(2)21(23)25/h7,9,13,21,30H,3-6,8,10-11,25H2,1-2H3,(H,27,31)/t13-,21+/m0/s1. The monoisotopic (exact) mass is 457 g/mol. The number of anilines is 2. The second-order valence-electron chi connectivity index (χ2n) is 9.19. The normalized spacial score (nSPS) is 24.2. The number of benzene rings is 1. The predicted molar refractivity (Wildman–Crippen MR) is 123 cm³/mol. The summed E-state index contributed by atoms with van der Waals surface area (Å²) in [4.78, 5) is 23.5. The lowest BCUT2D eigenvalue weighted by atomic mass is 9.73. The lowest BCUT2D eigenvalue weighted by Gasteiger charge is -2.42. The third-order valence-corrected chi connectivity index (χ3v) is 7.56. The van der Waals surface area contributed by atoms with Crippen LogP contribution in [0.15, 0.2) is 12.1 Å². The number of hydrogen-bond acceptors (Lipinski definition) is 7. The van der Waals surface area contributed by atoms with Gasteiger partial charge in [0.2, 0.25) is 5.91 Å². The molecular formula is C23H28ClN5O3. The van der Waals surface area contributed by atoms with Gasteiger partial charge in [0, 0.05) is 35.8 Å². The minimum Gasteiger partial charge on any atom is -0.390 e. The number of fused-ring (bicyclic) bond motifs is 1. The van der Waals surface area contributed by atoms with Crippen molar-refractivity contribution in [3.8, 4) is 11.3 Å². The lowest BCUT2D eigenvalue weighted by Crippen LogP contribution is -2.51. The van der Waals surface area contributed by atoms with Gasteiger partial charge in [-0.1, -0.05) is 11.6 Å². The summed E-state index contributed by atoms with van der Waals surface area (Å²) < 4.78 is 5.83. The van der Waals surface area contributed by atoms with Gasteiger partial charge in [-0.2, -0.15) is 0 Å². The van der Waals surface area contributed by atoms with Crippen LogP contribution in [0.4, 0.5) is 11.5 Å². The molecule has 8 nitrogen and oxygen atoms in total. The highest BCUT2D eigenvalue weighted by atomic mass is 35.5. The Morgan fingerprint density at radius 2 is 2.09 bits per heavy atom. The molecule has 3 aliphatic rings. The maximum atomic E-state index is 11.7. The fourth-order valence-electron chi connectivity index (χ4n) is 5.22. The molecule has 5 rings (SSSR count). The average Bonchev–Trinajstić information content (AvgIpc) is 3.27. The first-order chi connectivity index (χ1) is 15.3. The third kappa shape index (κ3) is 3.46. The molecule has 0 bridgehead atoms. The fraction of sp³-hybridized carbons (Fsp3) is 0.522. The van der Waals surface area contributed by atoms with Crippen molar-refractivity contribution in [1.29, 1.82) is 0 Å². The molecule has 2 atom stereocenters. The molecular weight excluding hydrogens is 430 g/mol. The highest BCUT2D eigenvalue weighted by Gasteiger charge is 2.47. The molecule has 1 aromatic carbocycles. The number of aromatic nitrogens is 2. The van der Waals surface area contributed by atoms with E-state index < -0.39 is 0 Å². The van der Waals surface area contributed by atoms with Crippen LogP contribution >= 0.6 is 11.6 Å². The number of piperidine rings is 1. The number of carbonyl (C=O) groups is 1. The zero-order valence-corrected chi connectivity index (χ0v) is 19.1. The van der Waals surface area contributed by atoms with Crippen LogP contribution < -0.4 is 16.0 Å². The van der Waals surface area contributed by atoms with Crippen molar-refractivity contribution >= 4 is 29.0 Å². The molecule has 170 valence electrons. The maximum Gasteiger partial charge on any atom is 0.228 e. The molecule has 1 amide bonds. The Morgan fingerprint density at radius 3 is 2.75 bits per heavy atom. The second kappa shape index (κ2) is 7.95. The van der Waals surface area contributed by atoms with E-state index in [9.17, 15) is 9.90 Å². The maximum absolute atomic E-state index is 11.7. The smallest absolute Gasteiger partial charge is 0.228 e. The van der Waals surface area contributed by atoms with E-state index in [1.54, 1.807) is 6.07 Å². The number of rotatable bonds is 3. The molecule has 4 N–H and O–H groups in total. The second-order valence-corrected chi connectivity index (χ2v) is 9.60. The van der Waals surface area contributed by atoms with Gasteiger partial charge in [0.25, 0.3) is 0 Å². The van der Waals surface area contributed by atoms with Gasteiger partial charge in [0.1, 0.15) is 5.69 Å². The molecule has 2 aromatic rings. The zero-order chi connectivity index (χ0) is 22.6. The Hall–Kier alpha value is -2.26. The van der Waals surface area contributed by atoms with Crippen molar-refractivity contribution in [3.05, 3.63) is 34.1 Å². The number of aliphatic hydroxyl groups is 1. The molecule has 9 heteroatoms. The Labute approximate surface area is 192 Å². The molecule has 0 saturated carbocycles. The zero-order valence-electron chi connectivity index (χ0n) is 18.3. The Morgan fingerprint density at radius 1 is 1.34 bits per heavy atom. The highest BCUT2D eigenvalue weighted by Crippen LogP contribution is 2.42. The molecule has 4 heterocycles. The van der Waals surface area contributed by atoms with Gasteiger partial charge in [-0.3, -0.25) is 4.79 Å². The summed E-state index contributed by atoms with van der Waals surface area (Å²) in [5.41, 5.74) is 10.6. The summed E-state index contributed by atoms with van der Waals surface area (Å²) >= 11 is 6.54. The number of carbonyl (C=O) groups excluding carboxylic acids is 1. The number of hydrogen-bond donors (Lipinski definition) is 3. The Bertz CT molecular complexity index is 1080. The van der Waals surface area contributed by atoms with E-state index in [1.807, 2.05) is 19.9 Å². The van der Waals surface area contributed by atoms with Crippen molar-refractivity contribution in [3.63, 3.8) is 0 Å². The molecule has 0 aliphatic carbocycles. The van der Waals surface area contributed by atoms with Gasteiger partial charge in [0.15, 0.2) is 5.82 Å². The number of nitrogens with one attached hydrogen (secondary N) is 1. The summed E-state index contributed by atoms with van der Waals surface area (Å²) in [7, 11) is 0. The Kier molecular flexibility index (Phi) is 5.36. The number of nitrogens with zero attached hydrogens (tertiary/aromatic N) is 3. The molecule has 2 saturated heterocycles. The first kappa shape index (κ1) is 21.6. The summed E-state index contributed by atoms with van der Waals surface area (Å²) in [5, 5.41) is 13.5. The molecule has 32 heavy (non-hydrogen) atoms. The molecule has 3 aliphatic heterocycles. The number of amides is 1.